The summed E-state index contributed by atoms with van der Waals surface area (Å²) in [5, 5.41) is 5.18. The largest absolute Gasteiger partial charge is 0.456 e. The van der Waals surface area contributed by atoms with E-state index in [2.05, 4.69) is 168 Å². The van der Waals surface area contributed by atoms with Gasteiger partial charge in [0.15, 0.2) is 0 Å². The number of anilines is 6. The maximum atomic E-state index is 7.04. The highest BCUT2D eigenvalue weighted by molar-refractivity contribution is 7.26. The molecule has 0 saturated carbocycles. The van der Waals surface area contributed by atoms with Crippen molar-refractivity contribution in [2.45, 2.75) is 6.92 Å². The molecular weight excluding hydrogens is 628 g/mol. The lowest BCUT2D eigenvalue weighted by atomic mass is 10.1. The molecule has 0 aliphatic heterocycles. The fourth-order valence-electron chi connectivity index (χ4n) is 6.77. The molecule has 2 heterocycles. The molecule has 0 aliphatic rings. The average molecular weight is 657 g/mol. The first-order chi connectivity index (χ1) is 23.6. The molecule has 0 N–H and O–H groups in total. The number of halogens is 1. The molecule has 230 valence electrons. The molecule has 0 aliphatic carbocycles. The Morgan fingerprint density at radius 3 is 1.88 bits per heavy atom. The van der Waals surface area contributed by atoms with Gasteiger partial charge in [0.05, 0.1) is 5.02 Å². The van der Waals surface area contributed by atoms with Crippen LogP contribution in [0, 0.1) is 6.92 Å². The van der Waals surface area contributed by atoms with Crippen LogP contribution in [-0.2, 0) is 0 Å². The zero-order valence-corrected chi connectivity index (χ0v) is 27.7. The lowest BCUT2D eigenvalue weighted by Crippen LogP contribution is -2.09. The second-order valence-electron chi connectivity index (χ2n) is 12.0. The third kappa shape index (κ3) is 4.89. The molecule has 2 aromatic heterocycles. The van der Waals surface area contributed by atoms with Gasteiger partial charge in [0.1, 0.15) is 11.2 Å². The van der Waals surface area contributed by atoms with Gasteiger partial charge in [0.25, 0.3) is 0 Å². The Kier molecular flexibility index (Phi) is 6.93. The zero-order chi connectivity index (χ0) is 32.2. The van der Waals surface area contributed by atoms with Crippen molar-refractivity contribution in [3.05, 3.63) is 168 Å². The van der Waals surface area contributed by atoms with Gasteiger partial charge in [-0.1, -0.05) is 78.3 Å². The number of aryl methyl sites for hydroxylation is 1. The first kappa shape index (κ1) is 28.7. The fraction of sp³-hybridized carbons (Fsp3) is 0.0233. The van der Waals surface area contributed by atoms with Crippen molar-refractivity contribution in [1.29, 1.82) is 0 Å². The molecule has 9 rings (SSSR count). The summed E-state index contributed by atoms with van der Waals surface area (Å²) in [7, 11) is 0. The SMILES string of the molecule is Cc1cccc(N(c2ccccc2)c2ccc3oc4cc(N(c5ccccc5)c5cc(Cl)c6c(c5)sc5ccccc56)ccc4c3c2)c1. The van der Waals surface area contributed by atoms with Gasteiger partial charge in [0, 0.05) is 71.1 Å². The summed E-state index contributed by atoms with van der Waals surface area (Å²) in [6.07, 6.45) is 0. The lowest BCUT2D eigenvalue weighted by molar-refractivity contribution is 0.669. The molecule has 0 fully saturated rings. The van der Waals surface area contributed by atoms with E-state index in [1.165, 1.54) is 15.6 Å². The number of nitrogens with zero attached hydrogens (tertiary/aromatic N) is 2. The van der Waals surface area contributed by atoms with E-state index in [9.17, 15) is 0 Å². The molecule has 9 aromatic rings. The minimum Gasteiger partial charge on any atom is -0.456 e. The van der Waals surface area contributed by atoms with Crippen LogP contribution in [-0.4, -0.2) is 0 Å². The number of fused-ring (bicyclic) bond motifs is 6. The van der Waals surface area contributed by atoms with Crippen LogP contribution in [0.4, 0.5) is 34.1 Å². The fourth-order valence-corrected chi connectivity index (χ4v) is 8.30. The summed E-state index contributed by atoms with van der Waals surface area (Å²) >= 11 is 8.82. The number of rotatable bonds is 6. The Morgan fingerprint density at radius 2 is 1.10 bits per heavy atom. The van der Waals surface area contributed by atoms with E-state index in [0.717, 1.165) is 71.2 Å². The normalized spacial score (nSPS) is 11.5. The van der Waals surface area contributed by atoms with Gasteiger partial charge in [-0.3, -0.25) is 0 Å². The molecule has 0 atom stereocenters. The summed E-state index contributed by atoms with van der Waals surface area (Å²) in [5.41, 5.74) is 9.22. The third-order valence-electron chi connectivity index (χ3n) is 8.92. The van der Waals surface area contributed by atoms with Crippen LogP contribution in [0.25, 0.3) is 42.1 Å². The maximum Gasteiger partial charge on any atom is 0.137 e. The van der Waals surface area contributed by atoms with Gasteiger partial charge in [-0.05, 0) is 97.4 Å². The summed E-state index contributed by atoms with van der Waals surface area (Å²) in [4.78, 5) is 4.55. The van der Waals surface area contributed by atoms with Crippen molar-refractivity contribution in [2.24, 2.45) is 0 Å². The maximum absolute atomic E-state index is 7.04. The standard InChI is InChI=1S/C43H29ClN2OS/c1-28-11-10-16-31(23-28)45(29-12-4-2-5-13-29)32-20-22-39-37(24-32)35-21-19-33(26-40(35)47-39)46(30-14-6-3-7-15-30)34-25-38(44)43-36-17-8-9-18-41(36)48-42(43)27-34/h2-27H,1H3. The van der Waals surface area contributed by atoms with Crippen molar-refractivity contribution in [3.8, 4) is 0 Å². The second kappa shape index (κ2) is 11.6. The van der Waals surface area contributed by atoms with Crippen LogP contribution >= 0.6 is 22.9 Å². The van der Waals surface area contributed by atoms with E-state index in [1.54, 1.807) is 11.3 Å². The average Bonchev–Trinajstić information content (AvgIpc) is 3.67. The first-order valence-electron chi connectivity index (χ1n) is 15.9. The monoisotopic (exact) mass is 656 g/mol. The van der Waals surface area contributed by atoms with Crippen molar-refractivity contribution >= 4 is 99.2 Å². The molecule has 0 saturated heterocycles. The molecule has 3 nitrogen and oxygen atoms in total. The summed E-state index contributed by atoms with van der Waals surface area (Å²) in [6.45, 7) is 2.13. The van der Waals surface area contributed by atoms with Gasteiger partial charge >= 0.3 is 0 Å². The molecule has 48 heavy (non-hydrogen) atoms. The minimum absolute atomic E-state index is 0.745. The van der Waals surface area contributed by atoms with Crippen molar-refractivity contribution < 1.29 is 4.42 Å². The summed E-state index contributed by atoms with van der Waals surface area (Å²) < 4.78 is 8.94. The molecule has 0 amide bonds. The Hall–Kier alpha value is -5.55. The molecule has 0 unspecified atom stereocenters. The molecule has 7 aromatic carbocycles. The molecule has 0 radical (unpaired) electrons. The topological polar surface area (TPSA) is 19.6 Å². The summed E-state index contributed by atoms with van der Waals surface area (Å²) in [5.74, 6) is 0. The highest BCUT2D eigenvalue weighted by Gasteiger charge is 2.20. The Balaban J connectivity index is 1.19. The van der Waals surface area contributed by atoms with Gasteiger partial charge < -0.3 is 14.2 Å². The Bertz CT molecular complexity index is 2610. The number of hydrogen-bond donors (Lipinski definition) is 0. The van der Waals surface area contributed by atoms with Crippen LogP contribution in [0.1, 0.15) is 5.56 Å². The van der Waals surface area contributed by atoms with Crippen LogP contribution in [0.15, 0.2) is 162 Å². The lowest BCUT2D eigenvalue weighted by Gasteiger charge is -2.26. The van der Waals surface area contributed by atoms with Crippen LogP contribution < -0.4 is 9.80 Å². The Labute approximate surface area is 287 Å². The molecule has 0 bridgehead atoms. The predicted octanol–water partition coefficient (Wildman–Crippen LogP) is 13.9. The zero-order valence-electron chi connectivity index (χ0n) is 26.1. The number of benzene rings is 7. The number of thiophene rings is 1. The van der Waals surface area contributed by atoms with E-state index in [0.29, 0.717) is 0 Å². The van der Waals surface area contributed by atoms with Gasteiger partial charge in [-0.2, -0.15) is 0 Å². The van der Waals surface area contributed by atoms with E-state index < -0.39 is 0 Å². The smallest absolute Gasteiger partial charge is 0.137 e. The number of para-hydroxylation sites is 2. The van der Waals surface area contributed by atoms with Crippen LogP contribution in [0.5, 0.6) is 0 Å². The molecule has 5 heteroatoms. The second-order valence-corrected chi connectivity index (χ2v) is 13.5. The quantitative estimate of drug-likeness (QED) is 0.177. The molecular formula is C43H29ClN2OS. The van der Waals surface area contributed by atoms with Crippen molar-refractivity contribution in [3.63, 3.8) is 0 Å². The summed E-state index contributed by atoms with van der Waals surface area (Å²) in [6, 6.07) is 55.3. The minimum atomic E-state index is 0.745. The first-order valence-corrected chi connectivity index (χ1v) is 17.1. The van der Waals surface area contributed by atoms with Crippen molar-refractivity contribution in [1.82, 2.24) is 0 Å². The van der Waals surface area contributed by atoms with Crippen LogP contribution in [0.3, 0.4) is 0 Å². The van der Waals surface area contributed by atoms with E-state index in [4.69, 9.17) is 16.0 Å². The van der Waals surface area contributed by atoms with Gasteiger partial charge in [-0.25, -0.2) is 0 Å². The van der Waals surface area contributed by atoms with Gasteiger partial charge in [-0.15, -0.1) is 11.3 Å². The highest BCUT2D eigenvalue weighted by atomic mass is 35.5. The third-order valence-corrected chi connectivity index (χ3v) is 10.3. The highest BCUT2D eigenvalue weighted by Crippen LogP contribution is 2.45. The van der Waals surface area contributed by atoms with E-state index in [1.807, 2.05) is 6.07 Å². The van der Waals surface area contributed by atoms with Crippen molar-refractivity contribution in [2.75, 3.05) is 9.80 Å². The number of hydrogen-bond acceptors (Lipinski definition) is 4. The number of furan rings is 1. The van der Waals surface area contributed by atoms with E-state index >= 15 is 0 Å². The molecule has 0 spiro atoms. The van der Waals surface area contributed by atoms with Crippen LogP contribution in [0.2, 0.25) is 5.02 Å². The Morgan fingerprint density at radius 1 is 0.458 bits per heavy atom. The predicted molar refractivity (Wildman–Crippen MR) is 206 cm³/mol. The van der Waals surface area contributed by atoms with E-state index in [-0.39, 0.29) is 0 Å². The van der Waals surface area contributed by atoms with Gasteiger partial charge in [0.2, 0.25) is 0 Å².